The molecule has 3 N–H and O–H groups in total. The van der Waals surface area contributed by atoms with E-state index in [1.54, 1.807) is 0 Å². The molecule has 0 aromatic heterocycles. The topological polar surface area (TPSA) is 61.6 Å². The molecule has 1 aliphatic heterocycles. The Kier molecular flexibility index (Phi) is 4.62. The summed E-state index contributed by atoms with van der Waals surface area (Å²) in [5.41, 5.74) is 5.02. The molecule has 1 aromatic rings. The van der Waals surface area contributed by atoms with Crippen molar-refractivity contribution in [3.8, 4) is 0 Å². The lowest BCUT2D eigenvalue weighted by atomic mass is 10.1. The number of hydrogen-bond acceptors (Lipinski definition) is 4. The molecule has 1 aromatic carbocycles. The molecule has 1 amide bonds. The number of nitrogens with two attached hydrogens (primary N) is 1. The van der Waals surface area contributed by atoms with Crippen LogP contribution in [0.1, 0.15) is 29.8 Å². The number of nitrogen functional groups attached to an aromatic ring is 1. The van der Waals surface area contributed by atoms with Crippen LogP contribution in [0.4, 0.5) is 5.69 Å². The number of hydrogen-bond donors (Lipinski definition) is 2. The van der Waals surface area contributed by atoms with Crippen LogP contribution in [-0.4, -0.2) is 47.9 Å². The quantitative estimate of drug-likeness (QED) is 0.648. The van der Waals surface area contributed by atoms with Gasteiger partial charge in [0.25, 0.3) is 5.91 Å². The van der Waals surface area contributed by atoms with Crippen LogP contribution in [0.2, 0.25) is 0 Å². The second-order valence-electron chi connectivity index (χ2n) is 5.42. The molecule has 1 heterocycles. The summed E-state index contributed by atoms with van der Waals surface area (Å²) in [4.78, 5) is 17.0. The van der Waals surface area contributed by atoms with Crippen molar-refractivity contribution in [1.82, 2.24) is 9.80 Å². The third kappa shape index (κ3) is 2.94. The van der Waals surface area contributed by atoms with E-state index in [-0.39, 0.29) is 5.91 Å². The van der Waals surface area contributed by atoms with Gasteiger partial charge >= 0.3 is 0 Å². The number of piperazine rings is 1. The SMILES string of the molecule is CCN1CCN(C(=O)c2cc(C)ccc2NN)CC1C. The number of carbonyl (C=O) groups excluding carboxylic acids is 1. The summed E-state index contributed by atoms with van der Waals surface area (Å²) < 4.78 is 0. The fourth-order valence-electron chi connectivity index (χ4n) is 2.78. The molecule has 1 aliphatic rings. The van der Waals surface area contributed by atoms with Gasteiger partial charge in [0.1, 0.15) is 0 Å². The Morgan fingerprint density at radius 2 is 2.20 bits per heavy atom. The Morgan fingerprint density at radius 3 is 2.80 bits per heavy atom. The maximum Gasteiger partial charge on any atom is 0.256 e. The highest BCUT2D eigenvalue weighted by Gasteiger charge is 2.27. The van der Waals surface area contributed by atoms with Crippen molar-refractivity contribution in [2.45, 2.75) is 26.8 Å². The molecule has 20 heavy (non-hydrogen) atoms. The van der Waals surface area contributed by atoms with E-state index < -0.39 is 0 Å². The van der Waals surface area contributed by atoms with Gasteiger partial charge in [0.05, 0.1) is 11.3 Å². The van der Waals surface area contributed by atoms with Crippen molar-refractivity contribution in [2.75, 3.05) is 31.6 Å². The maximum atomic E-state index is 12.7. The second-order valence-corrected chi connectivity index (χ2v) is 5.42. The number of aryl methyl sites for hydroxylation is 1. The average molecular weight is 276 g/mol. The molecule has 5 nitrogen and oxygen atoms in total. The molecule has 0 aliphatic carbocycles. The first-order valence-corrected chi connectivity index (χ1v) is 7.17. The lowest BCUT2D eigenvalue weighted by molar-refractivity contribution is 0.0529. The van der Waals surface area contributed by atoms with Gasteiger partial charge in [-0.25, -0.2) is 0 Å². The molecule has 0 radical (unpaired) electrons. The molecular formula is C15H24N4O. The zero-order valence-corrected chi connectivity index (χ0v) is 12.5. The van der Waals surface area contributed by atoms with E-state index in [4.69, 9.17) is 5.84 Å². The lowest BCUT2D eigenvalue weighted by Gasteiger charge is -2.39. The normalized spacial score (nSPS) is 20.0. The predicted molar refractivity (Wildman–Crippen MR) is 81.6 cm³/mol. The van der Waals surface area contributed by atoms with Crippen LogP contribution in [0.5, 0.6) is 0 Å². The Labute approximate surface area is 120 Å². The molecule has 1 atom stereocenters. The summed E-state index contributed by atoms with van der Waals surface area (Å²) in [6.07, 6.45) is 0. The molecule has 1 saturated heterocycles. The van der Waals surface area contributed by atoms with E-state index in [0.717, 1.165) is 31.7 Å². The molecule has 5 heteroatoms. The number of amides is 1. The van der Waals surface area contributed by atoms with E-state index in [1.807, 2.05) is 30.0 Å². The van der Waals surface area contributed by atoms with Crippen LogP contribution in [0.25, 0.3) is 0 Å². The number of benzene rings is 1. The second kappa shape index (κ2) is 6.24. The molecule has 0 spiro atoms. The number of anilines is 1. The minimum atomic E-state index is 0.0595. The van der Waals surface area contributed by atoms with E-state index in [1.165, 1.54) is 0 Å². The van der Waals surface area contributed by atoms with Gasteiger partial charge in [-0.05, 0) is 32.5 Å². The Hall–Kier alpha value is -1.59. The number of rotatable bonds is 3. The third-order valence-corrected chi connectivity index (χ3v) is 4.02. The molecule has 1 fully saturated rings. The number of nitrogens with zero attached hydrogens (tertiary/aromatic N) is 2. The molecule has 1 unspecified atom stereocenters. The van der Waals surface area contributed by atoms with Crippen molar-refractivity contribution in [2.24, 2.45) is 5.84 Å². The zero-order chi connectivity index (χ0) is 14.7. The van der Waals surface area contributed by atoms with Crippen LogP contribution in [0, 0.1) is 6.92 Å². The van der Waals surface area contributed by atoms with E-state index in [2.05, 4.69) is 24.2 Å². The summed E-state index contributed by atoms with van der Waals surface area (Å²) in [6.45, 7) is 9.81. The fourth-order valence-corrected chi connectivity index (χ4v) is 2.78. The molecule has 0 bridgehead atoms. The predicted octanol–water partition coefficient (Wildman–Crippen LogP) is 1.45. The number of hydrazine groups is 1. The molecule has 0 saturated carbocycles. The van der Waals surface area contributed by atoms with Gasteiger partial charge in [-0.2, -0.15) is 0 Å². The highest BCUT2D eigenvalue weighted by Crippen LogP contribution is 2.20. The minimum absolute atomic E-state index is 0.0595. The summed E-state index contributed by atoms with van der Waals surface area (Å²) in [5, 5.41) is 0. The highest BCUT2D eigenvalue weighted by atomic mass is 16.2. The summed E-state index contributed by atoms with van der Waals surface area (Å²) in [7, 11) is 0. The van der Waals surface area contributed by atoms with Gasteiger partial charge < -0.3 is 10.3 Å². The largest absolute Gasteiger partial charge is 0.336 e. The minimum Gasteiger partial charge on any atom is -0.336 e. The van der Waals surface area contributed by atoms with Crippen LogP contribution in [0.15, 0.2) is 18.2 Å². The standard InChI is InChI=1S/C15H24N4O/c1-4-18-7-8-19(10-12(18)3)15(20)13-9-11(2)5-6-14(13)17-16/h5-6,9,12,17H,4,7-8,10,16H2,1-3H3. The average Bonchev–Trinajstić information content (AvgIpc) is 2.46. The van der Waals surface area contributed by atoms with Crippen LogP contribution >= 0.6 is 0 Å². The van der Waals surface area contributed by atoms with Gasteiger partial charge in [-0.15, -0.1) is 0 Å². The summed E-state index contributed by atoms with van der Waals surface area (Å²) in [6, 6.07) is 6.10. The van der Waals surface area contributed by atoms with Gasteiger partial charge in [-0.1, -0.05) is 18.6 Å². The van der Waals surface area contributed by atoms with Crippen molar-refractivity contribution in [3.63, 3.8) is 0 Å². The van der Waals surface area contributed by atoms with Gasteiger partial charge in [0.15, 0.2) is 0 Å². The monoisotopic (exact) mass is 276 g/mol. The first-order valence-electron chi connectivity index (χ1n) is 7.17. The van der Waals surface area contributed by atoms with Crippen LogP contribution in [0.3, 0.4) is 0 Å². The van der Waals surface area contributed by atoms with Crippen LogP contribution < -0.4 is 11.3 Å². The van der Waals surface area contributed by atoms with Crippen molar-refractivity contribution >= 4 is 11.6 Å². The smallest absolute Gasteiger partial charge is 0.256 e. The number of likely N-dealkylation sites (N-methyl/N-ethyl adjacent to an activating group) is 1. The first-order chi connectivity index (χ1) is 9.56. The van der Waals surface area contributed by atoms with Crippen LogP contribution in [-0.2, 0) is 0 Å². The van der Waals surface area contributed by atoms with Crippen molar-refractivity contribution in [3.05, 3.63) is 29.3 Å². The molecule has 110 valence electrons. The first kappa shape index (κ1) is 14.8. The lowest BCUT2D eigenvalue weighted by Crippen LogP contribution is -2.53. The third-order valence-electron chi connectivity index (χ3n) is 4.02. The summed E-state index contributed by atoms with van der Waals surface area (Å²) >= 11 is 0. The van der Waals surface area contributed by atoms with Gasteiger partial charge in [0.2, 0.25) is 0 Å². The van der Waals surface area contributed by atoms with E-state index in [9.17, 15) is 4.79 Å². The molecule has 2 rings (SSSR count). The van der Waals surface area contributed by atoms with Crippen molar-refractivity contribution in [1.29, 1.82) is 0 Å². The maximum absolute atomic E-state index is 12.7. The molecular weight excluding hydrogens is 252 g/mol. The number of nitrogens with one attached hydrogen (secondary N) is 1. The van der Waals surface area contributed by atoms with Crippen molar-refractivity contribution < 1.29 is 4.79 Å². The zero-order valence-electron chi connectivity index (χ0n) is 12.5. The van der Waals surface area contributed by atoms with Gasteiger partial charge in [0, 0.05) is 25.7 Å². The fraction of sp³-hybridized carbons (Fsp3) is 0.533. The Morgan fingerprint density at radius 1 is 1.45 bits per heavy atom. The number of carbonyl (C=O) groups is 1. The highest BCUT2D eigenvalue weighted by molar-refractivity contribution is 5.99. The Bertz CT molecular complexity index is 489. The van der Waals surface area contributed by atoms with Gasteiger partial charge in [-0.3, -0.25) is 15.5 Å². The Balaban J connectivity index is 2.18. The summed E-state index contributed by atoms with van der Waals surface area (Å²) in [5.74, 6) is 5.57. The van der Waals surface area contributed by atoms with E-state index >= 15 is 0 Å². The van der Waals surface area contributed by atoms with E-state index in [0.29, 0.717) is 17.3 Å².